The van der Waals surface area contributed by atoms with E-state index in [4.69, 9.17) is 4.42 Å². The molecule has 0 radical (unpaired) electrons. The van der Waals surface area contributed by atoms with Crippen LogP contribution in [-0.4, -0.2) is 28.2 Å². The maximum Gasteiger partial charge on any atom is 0.133 e. The van der Waals surface area contributed by atoms with E-state index < -0.39 is 0 Å². The second-order valence-corrected chi connectivity index (χ2v) is 4.50. The summed E-state index contributed by atoms with van der Waals surface area (Å²) in [6, 6.07) is 10.3. The molecule has 90 valence electrons. The van der Waals surface area contributed by atoms with Crippen LogP contribution in [-0.2, 0) is 0 Å². The lowest BCUT2D eigenvalue weighted by Crippen LogP contribution is -2.12. The van der Waals surface area contributed by atoms with E-state index in [0.29, 0.717) is 0 Å². The number of nitrogens with zero attached hydrogens (tertiary/aromatic N) is 2. The van der Waals surface area contributed by atoms with E-state index in [0.717, 1.165) is 11.3 Å². The number of hydrogen-bond donors (Lipinski definition) is 0. The van der Waals surface area contributed by atoms with Crippen molar-refractivity contribution in [2.24, 2.45) is 0 Å². The molecule has 0 aliphatic carbocycles. The minimum atomic E-state index is 0.900. The molecule has 3 heteroatoms. The average Bonchev–Trinajstić information content (AvgIpc) is 2.81. The molecule has 0 unspecified atom stereocenters. The summed E-state index contributed by atoms with van der Waals surface area (Å²) in [6.45, 7) is 0. The number of rotatable bonds is 3. The Morgan fingerprint density at radius 1 is 0.882 bits per heavy atom. The topological polar surface area (TPSA) is 19.6 Å². The van der Waals surface area contributed by atoms with E-state index in [1.807, 2.05) is 40.3 Å². The molecule has 0 aliphatic rings. The van der Waals surface area contributed by atoms with Crippen molar-refractivity contribution in [2.45, 2.75) is 0 Å². The molecular formula is C14H18N2O. The number of hydrogen-bond acceptors (Lipinski definition) is 3. The minimum absolute atomic E-state index is 0.900. The molecule has 0 N–H and O–H groups in total. The van der Waals surface area contributed by atoms with Crippen molar-refractivity contribution in [3.8, 4) is 11.3 Å². The van der Waals surface area contributed by atoms with Gasteiger partial charge in [-0.25, -0.2) is 0 Å². The first-order valence-electron chi connectivity index (χ1n) is 5.61. The fourth-order valence-electron chi connectivity index (χ4n) is 1.70. The summed E-state index contributed by atoms with van der Waals surface area (Å²) in [6.07, 6.45) is 1.70. The van der Waals surface area contributed by atoms with E-state index in [1.165, 1.54) is 11.4 Å². The zero-order valence-corrected chi connectivity index (χ0v) is 10.8. The Kier molecular flexibility index (Phi) is 3.09. The highest BCUT2D eigenvalue weighted by Crippen LogP contribution is 2.29. The maximum absolute atomic E-state index is 5.45. The molecule has 0 aliphatic heterocycles. The van der Waals surface area contributed by atoms with Crippen LogP contribution in [0.3, 0.4) is 0 Å². The third kappa shape index (κ3) is 2.44. The molecule has 2 aromatic rings. The van der Waals surface area contributed by atoms with Gasteiger partial charge in [0.05, 0.1) is 6.26 Å². The molecule has 1 heterocycles. The predicted molar refractivity (Wildman–Crippen MR) is 72.8 cm³/mol. The van der Waals surface area contributed by atoms with Crippen molar-refractivity contribution in [3.63, 3.8) is 0 Å². The van der Waals surface area contributed by atoms with E-state index in [2.05, 4.69) is 28.0 Å². The Bertz CT molecular complexity index is 461. The second-order valence-electron chi connectivity index (χ2n) is 4.50. The van der Waals surface area contributed by atoms with Crippen LogP contribution in [0.25, 0.3) is 11.3 Å². The Labute approximate surface area is 102 Å². The maximum atomic E-state index is 5.45. The predicted octanol–water partition coefficient (Wildman–Crippen LogP) is 3.08. The summed E-state index contributed by atoms with van der Waals surface area (Å²) in [4.78, 5) is 4.19. The Morgan fingerprint density at radius 3 is 1.88 bits per heavy atom. The van der Waals surface area contributed by atoms with Crippen molar-refractivity contribution in [1.82, 2.24) is 0 Å². The van der Waals surface area contributed by atoms with Crippen molar-refractivity contribution in [1.29, 1.82) is 0 Å². The molecular weight excluding hydrogens is 212 g/mol. The van der Waals surface area contributed by atoms with Gasteiger partial charge in [0, 0.05) is 45.1 Å². The monoisotopic (exact) mass is 230 g/mol. The molecule has 0 amide bonds. The smallest absolute Gasteiger partial charge is 0.133 e. The largest absolute Gasteiger partial charge is 0.464 e. The average molecular weight is 230 g/mol. The van der Waals surface area contributed by atoms with Crippen LogP contribution in [0, 0.1) is 0 Å². The molecule has 3 nitrogen and oxygen atoms in total. The number of anilines is 2. The summed E-state index contributed by atoms with van der Waals surface area (Å²) in [5, 5.41) is 0. The van der Waals surface area contributed by atoms with Gasteiger partial charge in [-0.2, -0.15) is 0 Å². The van der Waals surface area contributed by atoms with Crippen LogP contribution < -0.4 is 9.80 Å². The fraction of sp³-hybridized carbons (Fsp3) is 0.286. The van der Waals surface area contributed by atoms with E-state index >= 15 is 0 Å². The molecule has 0 saturated heterocycles. The first kappa shape index (κ1) is 11.6. The quantitative estimate of drug-likeness (QED) is 0.808. The zero-order valence-electron chi connectivity index (χ0n) is 10.8. The summed E-state index contributed by atoms with van der Waals surface area (Å²) in [7, 11) is 8.17. The van der Waals surface area contributed by atoms with Crippen LogP contribution >= 0.6 is 0 Å². The minimum Gasteiger partial charge on any atom is -0.464 e. The van der Waals surface area contributed by atoms with Crippen molar-refractivity contribution >= 4 is 11.4 Å². The molecule has 0 saturated carbocycles. The van der Waals surface area contributed by atoms with Gasteiger partial charge in [-0.05, 0) is 30.3 Å². The van der Waals surface area contributed by atoms with E-state index in [1.54, 1.807) is 6.26 Å². The summed E-state index contributed by atoms with van der Waals surface area (Å²) >= 11 is 0. The highest BCUT2D eigenvalue weighted by Gasteiger charge is 2.07. The molecule has 0 fully saturated rings. The molecule has 2 rings (SSSR count). The van der Waals surface area contributed by atoms with Gasteiger partial charge in [-0.15, -0.1) is 0 Å². The van der Waals surface area contributed by atoms with Crippen molar-refractivity contribution in [2.75, 3.05) is 38.0 Å². The number of benzene rings is 1. The lowest BCUT2D eigenvalue weighted by atomic mass is 10.1. The molecule has 1 aromatic carbocycles. The standard InChI is InChI=1S/C14H18N2O/c1-15(2)12-8-11(14-6-5-7-17-14)9-13(10-12)16(3)4/h5-10H,1-4H3. The molecule has 0 bridgehead atoms. The van der Waals surface area contributed by atoms with Crippen molar-refractivity contribution in [3.05, 3.63) is 36.6 Å². The fourth-order valence-corrected chi connectivity index (χ4v) is 1.70. The Balaban J connectivity index is 2.52. The molecule has 17 heavy (non-hydrogen) atoms. The van der Waals surface area contributed by atoms with Crippen LogP contribution in [0.2, 0.25) is 0 Å². The van der Waals surface area contributed by atoms with Crippen LogP contribution in [0.15, 0.2) is 41.0 Å². The van der Waals surface area contributed by atoms with Gasteiger partial charge < -0.3 is 14.2 Å². The molecule has 1 aromatic heterocycles. The highest BCUT2D eigenvalue weighted by atomic mass is 16.3. The summed E-state index contributed by atoms with van der Waals surface area (Å²) < 4.78 is 5.45. The first-order chi connectivity index (χ1) is 8.08. The number of furan rings is 1. The first-order valence-corrected chi connectivity index (χ1v) is 5.61. The normalized spacial score (nSPS) is 10.4. The van der Waals surface area contributed by atoms with E-state index in [-0.39, 0.29) is 0 Å². The summed E-state index contributed by atoms with van der Waals surface area (Å²) in [5.41, 5.74) is 3.44. The van der Waals surface area contributed by atoms with E-state index in [9.17, 15) is 0 Å². The van der Waals surface area contributed by atoms with Crippen LogP contribution in [0.4, 0.5) is 11.4 Å². The Morgan fingerprint density at radius 2 is 1.47 bits per heavy atom. The molecule has 0 atom stereocenters. The van der Waals surface area contributed by atoms with Crippen LogP contribution in [0.1, 0.15) is 0 Å². The van der Waals surface area contributed by atoms with Crippen molar-refractivity contribution < 1.29 is 4.42 Å². The second kappa shape index (κ2) is 4.53. The van der Waals surface area contributed by atoms with Gasteiger partial charge in [0.1, 0.15) is 5.76 Å². The lowest BCUT2D eigenvalue weighted by molar-refractivity contribution is 0.582. The highest BCUT2D eigenvalue weighted by molar-refractivity contribution is 5.72. The molecule has 0 spiro atoms. The van der Waals surface area contributed by atoms with Gasteiger partial charge in [-0.1, -0.05) is 0 Å². The van der Waals surface area contributed by atoms with Gasteiger partial charge in [0.25, 0.3) is 0 Å². The zero-order chi connectivity index (χ0) is 12.4. The third-order valence-electron chi connectivity index (χ3n) is 2.74. The van der Waals surface area contributed by atoms with Gasteiger partial charge in [0.2, 0.25) is 0 Å². The lowest BCUT2D eigenvalue weighted by Gasteiger charge is -2.19. The Hall–Kier alpha value is -1.90. The van der Waals surface area contributed by atoms with Gasteiger partial charge >= 0.3 is 0 Å². The SMILES string of the molecule is CN(C)c1cc(-c2ccco2)cc(N(C)C)c1. The summed E-state index contributed by atoms with van der Waals surface area (Å²) in [5.74, 6) is 0.900. The van der Waals surface area contributed by atoms with Gasteiger partial charge in [-0.3, -0.25) is 0 Å². The van der Waals surface area contributed by atoms with Gasteiger partial charge in [0.15, 0.2) is 0 Å². The third-order valence-corrected chi connectivity index (χ3v) is 2.74. The van der Waals surface area contributed by atoms with Crippen LogP contribution in [0.5, 0.6) is 0 Å².